The number of amides is 1. The lowest BCUT2D eigenvalue weighted by Gasteiger charge is -2.07. The van der Waals surface area contributed by atoms with E-state index < -0.39 is 0 Å². The van der Waals surface area contributed by atoms with Crippen LogP contribution in [0.5, 0.6) is 5.75 Å². The van der Waals surface area contributed by atoms with Gasteiger partial charge in [0.1, 0.15) is 11.6 Å². The molecule has 0 bridgehead atoms. The molecular weight excluding hydrogens is 290 g/mol. The minimum atomic E-state index is -0.0657. The van der Waals surface area contributed by atoms with Crippen molar-refractivity contribution in [1.29, 1.82) is 0 Å². The maximum atomic E-state index is 12.1. The lowest BCUT2D eigenvalue weighted by atomic mass is 10.1. The van der Waals surface area contributed by atoms with E-state index in [1.807, 2.05) is 48.5 Å². The van der Waals surface area contributed by atoms with Gasteiger partial charge in [-0.2, -0.15) is 0 Å². The van der Waals surface area contributed by atoms with Gasteiger partial charge in [-0.25, -0.2) is 4.98 Å². The summed E-state index contributed by atoms with van der Waals surface area (Å²) in [6.07, 6.45) is 3.79. The molecule has 2 aromatic carbocycles. The molecule has 0 atom stereocenters. The van der Waals surface area contributed by atoms with Crippen LogP contribution in [0.3, 0.4) is 0 Å². The van der Waals surface area contributed by atoms with Crippen molar-refractivity contribution in [3.8, 4) is 17.1 Å². The van der Waals surface area contributed by atoms with Crippen molar-refractivity contribution in [3.63, 3.8) is 0 Å². The first-order valence-corrected chi connectivity index (χ1v) is 7.27. The summed E-state index contributed by atoms with van der Waals surface area (Å²) >= 11 is 0. The zero-order chi connectivity index (χ0) is 16.1. The Labute approximate surface area is 134 Å². The number of methoxy groups -OCH3 is 1. The van der Waals surface area contributed by atoms with E-state index in [0.717, 1.165) is 28.4 Å². The van der Waals surface area contributed by atoms with Crippen molar-refractivity contribution >= 4 is 11.6 Å². The summed E-state index contributed by atoms with van der Waals surface area (Å²) in [5.74, 6) is 1.49. The first kappa shape index (κ1) is 14.8. The molecule has 5 nitrogen and oxygen atoms in total. The average molecular weight is 307 g/mol. The van der Waals surface area contributed by atoms with Gasteiger partial charge in [0.15, 0.2) is 0 Å². The number of anilines is 1. The highest BCUT2D eigenvalue weighted by molar-refractivity contribution is 5.92. The van der Waals surface area contributed by atoms with Crippen LogP contribution >= 0.6 is 0 Å². The number of carbonyl (C=O) groups excluding carboxylic acids is 1. The fourth-order valence-electron chi connectivity index (χ4n) is 2.31. The van der Waals surface area contributed by atoms with Gasteiger partial charge in [0.05, 0.1) is 13.5 Å². The highest BCUT2D eigenvalue weighted by atomic mass is 16.5. The highest BCUT2D eigenvalue weighted by Crippen LogP contribution is 2.18. The zero-order valence-corrected chi connectivity index (χ0v) is 12.7. The molecule has 5 heteroatoms. The Bertz CT molecular complexity index is 780. The summed E-state index contributed by atoms with van der Waals surface area (Å²) in [7, 11) is 1.61. The number of carbonyl (C=O) groups is 1. The number of aromatic nitrogens is 2. The molecule has 0 fully saturated rings. The molecule has 0 unspecified atom stereocenters. The second-order valence-corrected chi connectivity index (χ2v) is 5.09. The SMILES string of the molecule is COc1cccc(CC(=O)Nc2ccc(-c3ncc[nH]3)cc2)c1. The molecule has 0 aliphatic rings. The predicted octanol–water partition coefficient (Wildman–Crippen LogP) is 3.27. The van der Waals surface area contributed by atoms with Gasteiger partial charge in [-0.3, -0.25) is 4.79 Å². The highest BCUT2D eigenvalue weighted by Gasteiger charge is 2.06. The Hall–Kier alpha value is -3.08. The fraction of sp³-hybridized carbons (Fsp3) is 0.111. The Balaban J connectivity index is 1.63. The summed E-state index contributed by atoms with van der Waals surface area (Å²) in [5, 5.41) is 2.89. The van der Waals surface area contributed by atoms with Crippen LogP contribution in [-0.4, -0.2) is 23.0 Å². The van der Waals surface area contributed by atoms with Crippen LogP contribution in [0.4, 0.5) is 5.69 Å². The van der Waals surface area contributed by atoms with E-state index in [9.17, 15) is 4.79 Å². The Morgan fingerprint density at radius 1 is 1.22 bits per heavy atom. The van der Waals surface area contributed by atoms with Crippen molar-refractivity contribution in [2.75, 3.05) is 12.4 Å². The standard InChI is InChI=1S/C18H17N3O2/c1-23-16-4-2-3-13(11-16)12-17(22)21-15-7-5-14(6-8-15)18-19-9-10-20-18/h2-11H,12H2,1H3,(H,19,20)(H,21,22). The number of aromatic amines is 1. The molecule has 1 heterocycles. The first-order chi connectivity index (χ1) is 11.2. The maximum Gasteiger partial charge on any atom is 0.228 e. The second-order valence-electron chi connectivity index (χ2n) is 5.09. The van der Waals surface area contributed by atoms with E-state index in [2.05, 4.69) is 15.3 Å². The first-order valence-electron chi connectivity index (χ1n) is 7.27. The maximum absolute atomic E-state index is 12.1. The Morgan fingerprint density at radius 3 is 2.74 bits per heavy atom. The van der Waals surface area contributed by atoms with Gasteiger partial charge in [-0.15, -0.1) is 0 Å². The average Bonchev–Trinajstić information content (AvgIpc) is 3.10. The van der Waals surface area contributed by atoms with Crippen molar-refractivity contribution < 1.29 is 9.53 Å². The summed E-state index contributed by atoms with van der Waals surface area (Å²) in [5.41, 5.74) is 2.64. The third-order valence-electron chi connectivity index (χ3n) is 3.44. The molecule has 3 rings (SSSR count). The number of H-pyrrole nitrogens is 1. The van der Waals surface area contributed by atoms with Crippen molar-refractivity contribution in [2.24, 2.45) is 0 Å². The summed E-state index contributed by atoms with van der Waals surface area (Å²) in [6.45, 7) is 0. The Kier molecular flexibility index (Phi) is 4.38. The van der Waals surface area contributed by atoms with Gasteiger partial charge in [0.25, 0.3) is 0 Å². The van der Waals surface area contributed by atoms with Crippen LogP contribution in [0, 0.1) is 0 Å². The van der Waals surface area contributed by atoms with Gasteiger partial charge in [0, 0.05) is 23.6 Å². The number of ether oxygens (including phenoxy) is 1. The molecular formula is C18H17N3O2. The van der Waals surface area contributed by atoms with Crippen LogP contribution in [0.15, 0.2) is 60.9 Å². The van der Waals surface area contributed by atoms with E-state index in [1.165, 1.54) is 0 Å². The molecule has 0 saturated heterocycles. The smallest absolute Gasteiger partial charge is 0.228 e. The molecule has 0 aliphatic heterocycles. The molecule has 1 aromatic heterocycles. The summed E-state index contributed by atoms with van der Waals surface area (Å²) in [6, 6.07) is 15.1. The topological polar surface area (TPSA) is 67.0 Å². The molecule has 0 saturated carbocycles. The van der Waals surface area contributed by atoms with Crippen LogP contribution < -0.4 is 10.1 Å². The Morgan fingerprint density at radius 2 is 2.04 bits per heavy atom. The minimum absolute atomic E-state index is 0.0657. The number of imidazole rings is 1. The van der Waals surface area contributed by atoms with Gasteiger partial charge >= 0.3 is 0 Å². The lowest BCUT2D eigenvalue weighted by molar-refractivity contribution is -0.115. The van der Waals surface area contributed by atoms with E-state index in [-0.39, 0.29) is 5.91 Å². The minimum Gasteiger partial charge on any atom is -0.497 e. The molecule has 0 aliphatic carbocycles. The third kappa shape index (κ3) is 3.77. The van der Waals surface area contributed by atoms with Crippen LogP contribution in [0.25, 0.3) is 11.4 Å². The van der Waals surface area contributed by atoms with Crippen molar-refractivity contribution in [3.05, 3.63) is 66.5 Å². The summed E-state index contributed by atoms with van der Waals surface area (Å²) < 4.78 is 5.16. The van der Waals surface area contributed by atoms with Crippen LogP contribution in [0.2, 0.25) is 0 Å². The predicted molar refractivity (Wildman–Crippen MR) is 89.4 cm³/mol. The van der Waals surface area contributed by atoms with E-state index >= 15 is 0 Å². The summed E-state index contributed by atoms with van der Waals surface area (Å²) in [4.78, 5) is 19.4. The fourth-order valence-corrected chi connectivity index (χ4v) is 2.31. The molecule has 3 aromatic rings. The van der Waals surface area contributed by atoms with E-state index in [1.54, 1.807) is 19.5 Å². The van der Waals surface area contributed by atoms with Gasteiger partial charge in [-0.05, 0) is 42.0 Å². The van der Waals surface area contributed by atoms with E-state index in [0.29, 0.717) is 6.42 Å². The van der Waals surface area contributed by atoms with Gasteiger partial charge < -0.3 is 15.0 Å². The molecule has 0 radical (unpaired) electrons. The zero-order valence-electron chi connectivity index (χ0n) is 12.7. The number of hydrogen-bond acceptors (Lipinski definition) is 3. The number of nitrogens with one attached hydrogen (secondary N) is 2. The normalized spacial score (nSPS) is 10.3. The van der Waals surface area contributed by atoms with Crippen LogP contribution in [-0.2, 0) is 11.2 Å². The van der Waals surface area contributed by atoms with Gasteiger partial charge in [0.2, 0.25) is 5.91 Å². The van der Waals surface area contributed by atoms with Gasteiger partial charge in [-0.1, -0.05) is 12.1 Å². The molecule has 116 valence electrons. The largest absolute Gasteiger partial charge is 0.497 e. The number of rotatable bonds is 5. The molecule has 2 N–H and O–H groups in total. The molecule has 23 heavy (non-hydrogen) atoms. The lowest BCUT2D eigenvalue weighted by Crippen LogP contribution is -2.14. The van der Waals surface area contributed by atoms with Crippen molar-refractivity contribution in [2.45, 2.75) is 6.42 Å². The second kappa shape index (κ2) is 6.79. The molecule has 1 amide bonds. The van der Waals surface area contributed by atoms with Crippen LogP contribution in [0.1, 0.15) is 5.56 Å². The third-order valence-corrected chi connectivity index (χ3v) is 3.44. The van der Waals surface area contributed by atoms with E-state index in [4.69, 9.17) is 4.74 Å². The van der Waals surface area contributed by atoms with Crippen molar-refractivity contribution in [1.82, 2.24) is 9.97 Å². The molecule has 0 spiro atoms. The quantitative estimate of drug-likeness (QED) is 0.760. The number of benzene rings is 2. The monoisotopic (exact) mass is 307 g/mol. The number of nitrogens with zero attached hydrogens (tertiary/aromatic N) is 1. The number of hydrogen-bond donors (Lipinski definition) is 2.